The number of urea groups is 1. The van der Waals surface area contributed by atoms with Crippen molar-refractivity contribution in [1.29, 1.82) is 0 Å². The summed E-state index contributed by atoms with van der Waals surface area (Å²) in [6, 6.07) is 13.8. The molecule has 0 bridgehead atoms. The summed E-state index contributed by atoms with van der Waals surface area (Å²) in [5.41, 5.74) is 5.08. The normalized spacial score (nSPS) is 12.7. The molecule has 0 aliphatic carbocycles. The lowest BCUT2D eigenvalue weighted by Gasteiger charge is -2.22. The van der Waals surface area contributed by atoms with Crippen LogP contribution in [-0.4, -0.2) is 25.4 Å². The minimum Gasteiger partial charge on any atom is -0.374 e. The number of carbonyl (C=O) groups is 2. The Bertz CT molecular complexity index is 832. The zero-order chi connectivity index (χ0) is 19.2. The topological polar surface area (TPSA) is 61.4 Å². The van der Waals surface area contributed by atoms with Gasteiger partial charge in [-0.2, -0.15) is 0 Å². The number of nitrogens with zero attached hydrogens (tertiary/aromatic N) is 1. The molecule has 2 N–H and O–H groups in total. The van der Waals surface area contributed by atoms with Gasteiger partial charge < -0.3 is 15.5 Å². The fraction of sp³-hybridized carbons (Fsp3) is 0.364. The Hall–Kier alpha value is -2.82. The van der Waals surface area contributed by atoms with Crippen LogP contribution in [0.3, 0.4) is 0 Å². The molecule has 5 heteroatoms. The summed E-state index contributed by atoms with van der Waals surface area (Å²) >= 11 is 0. The monoisotopic (exact) mass is 365 g/mol. The van der Waals surface area contributed by atoms with Crippen molar-refractivity contribution in [2.24, 2.45) is 0 Å². The minimum absolute atomic E-state index is 0.159. The van der Waals surface area contributed by atoms with E-state index in [1.807, 2.05) is 12.1 Å². The van der Waals surface area contributed by atoms with Crippen LogP contribution >= 0.6 is 0 Å². The van der Waals surface area contributed by atoms with Gasteiger partial charge in [0.25, 0.3) is 0 Å². The maximum absolute atomic E-state index is 12.5. The molecule has 1 heterocycles. The van der Waals surface area contributed by atoms with Crippen LogP contribution in [0.4, 0.5) is 16.2 Å². The second-order valence-electron chi connectivity index (χ2n) is 6.96. The molecule has 3 rings (SSSR count). The van der Waals surface area contributed by atoms with E-state index < -0.39 is 0 Å². The average molecular weight is 365 g/mol. The van der Waals surface area contributed by atoms with Crippen LogP contribution in [0.15, 0.2) is 42.5 Å². The molecule has 27 heavy (non-hydrogen) atoms. The van der Waals surface area contributed by atoms with Gasteiger partial charge in [0, 0.05) is 43.5 Å². The van der Waals surface area contributed by atoms with Crippen LogP contribution in [0.2, 0.25) is 0 Å². The summed E-state index contributed by atoms with van der Waals surface area (Å²) in [4.78, 5) is 26.1. The van der Waals surface area contributed by atoms with E-state index >= 15 is 0 Å². The third-order valence-electron chi connectivity index (χ3n) is 5.05. The molecule has 0 unspecified atom stereocenters. The average Bonchev–Trinajstić information content (AvgIpc) is 2.70. The summed E-state index contributed by atoms with van der Waals surface area (Å²) in [6.45, 7) is 3.57. The Morgan fingerprint density at radius 1 is 1.15 bits per heavy atom. The Morgan fingerprint density at radius 2 is 1.96 bits per heavy atom. The molecule has 0 atom stereocenters. The summed E-state index contributed by atoms with van der Waals surface area (Å²) < 4.78 is 0. The fourth-order valence-corrected chi connectivity index (χ4v) is 3.46. The summed E-state index contributed by atoms with van der Waals surface area (Å²) in [5.74, 6) is 0.159. The highest BCUT2D eigenvalue weighted by Crippen LogP contribution is 2.22. The minimum atomic E-state index is -0.199. The Labute approximate surface area is 160 Å². The first-order chi connectivity index (χ1) is 13.1. The lowest BCUT2D eigenvalue weighted by molar-refractivity contribution is 0.0979. The number of aryl methyl sites for hydroxylation is 1. The molecule has 5 nitrogen and oxygen atoms in total. The van der Waals surface area contributed by atoms with E-state index in [-0.39, 0.29) is 11.8 Å². The SMILES string of the molecule is CCc1ccccc1N(C)CCCCC(=O)c1ccc2c(c1)CNC(=O)N2. The van der Waals surface area contributed by atoms with Crippen LogP contribution in [0.5, 0.6) is 0 Å². The number of para-hydroxylation sites is 1. The lowest BCUT2D eigenvalue weighted by atomic mass is 10.0. The molecule has 0 radical (unpaired) electrons. The highest BCUT2D eigenvalue weighted by atomic mass is 16.2. The van der Waals surface area contributed by atoms with Gasteiger partial charge in [0.05, 0.1) is 0 Å². The van der Waals surface area contributed by atoms with Crippen LogP contribution in [0.1, 0.15) is 47.7 Å². The van der Waals surface area contributed by atoms with Gasteiger partial charge in [-0.3, -0.25) is 4.79 Å². The predicted molar refractivity (Wildman–Crippen MR) is 110 cm³/mol. The molecule has 142 valence electrons. The molecule has 2 aromatic rings. The predicted octanol–water partition coefficient (Wildman–Crippen LogP) is 4.37. The van der Waals surface area contributed by atoms with Gasteiger partial charge in [0.2, 0.25) is 0 Å². The first-order valence-corrected chi connectivity index (χ1v) is 9.58. The number of benzene rings is 2. The molecule has 0 aromatic heterocycles. The van der Waals surface area contributed by atoms with Crippen molar-refractivity contribution in [3.8, 4) is 0 Å². The number of anilines is 2. The maximum atomic E-state index is 12.5. The van der Waals surface area contributed by atoms with Gasteiger partial charge in [-0.15, -0.1) is 0 Å². The van der Waals surface area contributed by atoms with Gasteiger partial charge >= 0.3 is 6.03 Å². The van der Waals surface area contributed by atoms with Crippen molar-refractivity contribution in [3.63, 3.8) is 0 Å². The number of hydrogen-bond donors (Lipinski definition) is 2. The Morgan fingerprint density at radius 3 is 2.78 bits per heavy atom. The van der Waals surface area contributed by atoms with Gasteiger partial charge in [-0.05, 0) is 54.7 Å². The molecule has 1 aliphatic rings. The van der Waals surface area contributed by atoms with Gasteiger partial charge in [-0.1, -0.05) is 25.1 Å². The smallest absolute Gasteiger partial charge is 0.319 e. The van der Waals surface area contributed by atoms with E-state index in [0.29, 0.717) is 13.0 Å². The van der Waals surface area contributed by atoms with Crippen molar-refractivity contribution in [2.75, 3.05) is 23.8 Å². The molecule has 0 saturated heterocycles. The quantitative estimate of drug-likeness (QED) is 0.539. The highest BCUT2D eigenvalue weighted by molar-refractivity contribution is 5.98. The highest BCUT2D eigenvalue weighted by Gasteiger charge is 2.16. The molecule has 1 aliphatic heterocycles. The number of Topliss-reactive ketones (excluding diaryl/α,β-unsaturated/α-hetero) is 1. The van der Waals surface area contributed by atoms with E-state index in [0.717, 1.165) is 42.6 Å². The second-order valence-corrected chi connectivity index (χ2v) is 6.96. The lowest BCUT2D eigenvalue weighted by Crippen LogP contribution is -2.33. The molecule has 0 spiro atoms. The molecule has 2 aromatic carbocycles. The van der Waals surface area contributed by atoms with Crippen molar-refractivity contribution in [2.45, 2.75) is 39.2 Å². The van der Waals surface area contributed by atoms with Crippen LogP contribution in [-0.2, 0) is 13.0 Å². The molecule has 0 fully saturated rings. The molecular formula is C22H27N3O2. The number of fused-ring (bicyclic) bond motifs is 1. The summed E-state index contributed by atoms with van der Waals surface area (Å²) in [5, 5.41) is 5.48. The van der Waals surface area contributed by atoms with Gasteiger partial charge in [0.1, 0.15) is 0 Å². The van der Waals surface area contributed by atoms with Crippen molar-refractivity contribution in [3.05, 3.63) is 59.2 Å². The third-order valence-corrected chi connectivity index (χ3v) is 5.05. The van der Waals surface area contributed by atoms with Gasteiger partial charge in [0.15, 0.2) is 5.78 Å². The van der Waals surface area contributed by atoms with E-state index in [1.54, 1.807) is 6.07 Å². The molecule has 2 amide bonds. The first-order valence-electron chi connectivity index (χ1n) is 9.58. The Kier molecular flexibility index (Phi) is 6.12. The number of ketones is 1. The summed E-state index contributed by atoms with van der Waals surface area (Å²) in [7, 11) is 2.11. The number of amides is 2. The fourth-order valence-electron chi connectivity index (χ4n) is 3.46. The second kappa shape index (κ2) is 8.71. The van der Waals surface area contributed by atoms with Crippen molar-refractivity contribution < 1.29 is 9.59 Å². The van der Waals surface area contributed by atoms with Crippen LogP contribution < -0.4 is 15.5 Å². The van der Waals surface area contributed by atoms with Crippen molar-refractivity contribution >= 4 is 23.2 Å². The number of carbonyl (C=O) groups excluding carboxylic acids is 2. The van der Waals surface area contributed by atoms with E-state index in [1.165, 1.54) is 11.3 Å². The van der Waals surface area contributed by atoms with Gasteiger partial charge in [-0.25, -0.2) is 4.79 Å². The van der Waals surface area contributed by atoms with Crippen LogP contribution in [0, 0.1) is 0 Å². The van der Waals surface area contributed by atoms with E-state index in [9.17, 15) is 9.59 Å². The Balaban J connectivity index is 1.49. The third kappa shape index (κ3) is 4.67. The first kappa shape index (κ1) is 19.0. The number of unbranched alkanes of at least 4 members (excludes halogenated alkanes) is 1. The van der Waals surface area contributed by atoms with E-state index in [2.05, 4.69) is 53.8 Å². The van der Waals surface area contributed by atoms with Crippen molar-refractivity contribution in [1.82, 2.24) is 5.32 Å². The van der Waals surface area contributed by atoms with Crippen LogP contribution in [0.25, 0.3) is 0 Å². The number of rotatable bonds is 8. The molecule has 0 saturated carbocycles. The molecular weight excluding hydrogens is 338 g/mol. The number of nitrogens with one attached hydrogen (secondary N) is 2. The summed E-state index contributed by atoms with van der Waals surface area (Å²) in [6.07, 6.45) is 3.40. The zero-order valence-corrected chi connectivity index (χ0v) is 16.0. The maximum Gasteiger partial charge on any atom is 0.319 e. The number of hydrogen-bond acceptors (Lipinski definition) is 3. The standard InChI is InChI=1S/C22H27N3O2/c1-3-16-8-4-5-9-20(16)25(2)13-7-6-10-21(26)17-11-12-19-18(14-17)15-23-22(27)24-19/h4-5,8-9,11-12,14H,3,6-7,10,13,15H2,1-2H3,(H2,23,24,27). The zero-order valence-electron chi connectivity index (χ0n) is 16.0. The van der Waals surface area contributed by atoms with E-state index in [4.69, 9.17) is 0 Å². The largest absolute Gasteiger partial charge is 0.374 e.